The number of benzene rings is 10. The first-order valence-corrected chi connectivity index (χ1v) is 35.1. The minimum atomic E-state index is -0.995. The van der Waals surface area contributed by atoms with Crippen molar-refractivity contribution in [2.24, 2.45) is 0 Å². The Balaban J connectivity index is 0.00000841. The van der Waals surface area contributed by atoms with Crippen LogP contribution in [0.15, 0.2) is 164 Å². The molecule has 14 aromatic rings. The number of aryl methyl sites for hydroxylation is 6. The van der Waals surface area contributed by atoms with E-state index in [1.54, 1.807) is 24.3 Å². The second kappa shape index (κ2) is 24.7. The van der Waals surface area contributed by atoms with Crippen molar-refractivity contribution in [1.82, 2.24) is 24.5 Å². The van der Waals surface area contributed by atoms with Crippen molar-refractivity contribution in [3.8, 4) is 57.1 Å². The van der Waals surface area contributed by atoms with E-state index in [-0.39, 0.29) is 41.3 Å². The molecule has 4 aromatic heterocycles. The molecular weight excluding hydrogens is 1300 g/mol. The minimum Gasteiger partial charge on any atom is -0.656 e. The predicted molar refractivity (Wildman–Crippen MR) is 423 cm³/mol. The second-order valence-electron chi connectivity index (χ2n) is 31.2. The van der Waals surface area contributed by atoms with Gasteiger partial charge in [-0.3, -0.25) is 0 Å². The first-order valence-electron chi connectivity index (χ1n) is 35.1. The first kappa shape index (κ1) is 67.0. The van der Waals surface area contributed by atoms with Crippen LogP contribution < -0.4 is 9.97 Å². The van der Waals surface area contributed by atoms with Gasteiger partial charge in [0.05, 0.1) is 39.4 Å². The summed E-state index contributed by atoms with van der Waals surface area (Å²) < 4.78 is 2.60. The fraction of sp³-hybridized carbons (Fsp3) is 0.202. The van der Waals surface area contributed by atoms with Gasteiger partial charge in [0.15, 0.2) is 0 Å². The zero-order valence-electron chi connectivity index (χ0n) is 60.9. The van der Waals surface area contributed by atoms with Crippen LogP contribution >= 0.6 is 0 Å². The summed E-state index contributed by atoms with van der Waals surface area (Å²) >= 11 is 0. The molecule has 0 aliphatic carbocycles. The first-order chi connectivity index (χ1) is 48.2. The summed E-state index contributed by atoms with van der Waals surface area (Å²) in [6, 6.07) is 59.0. The average molecular weight is 1380 g/mol. The zero-order chi connectivity index (χ0) is 70.5. The Morgan fingerprint density at radius 3 is 1.36 bits per heavy atom. The third-order valence-corrected chi connectivity index (χ3v) is 20.8. The molecule has 1 N–H and O–H groups in total. The van der Waals surface area contributed by atoms with Gasteiger partial charge in [0.2, 0.25) is 0 Å². The molecule has 0 saturated heterocycles. The van der Waals surface area contributed by atoms with Crippen molar-refractivity contribution in [3.05, 3.63) is 270 Å². The number of carbonyl (C=O) groups is 1. The maximum Gasteiger partial charge on any atom is 2.00 e. The second-order valence-corrected chi connectivity index (χ2v) is 31.2. The molecule has 0 saturated carbocycles. The van der Waals surface area contributed by atoms with Crippen LogP contribution in [0.3, 0.4) is 0 Å². The van der Waals surface area contributed by atoms with Gasteiger partial charge in [0.1, 0.15) is 0 Å². The van der Waals surface area contributed by atoms with E-state index < -0.39 is 5.97 Å². The Hall–Kier alpha value is -10.9. The number of hydrogen-bond donors (Lipinski definition) is 1. The number of fused-ring (bicyclic) bond motifs is 9. The Morgan fingerprint density at radius 2 is 0.873 bits per heavy atom. The summed E-state index contributed by atoms with van der Waals surface area (Å²) in [7, 11) is 0. The van der Waals surface area contributed by atoms with Gasteiger partial charge in [0.25, 0.3) is 0 Å². The summed E-state index contributed by atoms with van der Waals surface area (Å²) in [5.74, 6) is 13.7. The summed E-state index contributed by atoms with van der Waals surface area (Å²) in [5, 5.41) is 19.5. The van der Waals surface area contributed by atoms with Crippen LogP contribution in [0.2, 0.25) is 0 Å². The topological polar surface area (TPSA) is 96.2 Å². The monoisotopic (exact) mass is 1370 g/mol. The van der Waals surface area contributed by atoms with Crippen LogP contribution in [0, 0.1) is 65.2 Å². The molecule has 102 heavy (non-hydrogen) atoms. The Labute approximate surface area is 610 Å². The van der Waals surface area contributed by atoms with Crippen LogP contribution in [-0.4, -0.2) is 25.6 Å². The summed E-state index contributed by atoms with van der Waals surface area (Å²) in [6.45, 7) is 34.4. The summed E-state index contributed by atoms with van der Waals surface area (Å²) in [5.41, 5.74) is 29.2. The largest absolute Gasteiger partial charge is 2.00 e. The molecule has 0 amide bonds. The molecular formula is C94H79N5O2Zn. The normalized spacial score (nSPS) is 12.5. The van der Waals surface area contributed by atoms with Gasteiger partial charge >= 0.3 is 25.4 Å². The van der Waals surface area contributed by atoms with E-state index in [0.717, 1.165) is 83.4 Å². The minimum absolute atomic E-state index is 0. The van der Waals surface area contributed by atoms with Crippen LogP contribution in [-0.2, 0) is 42.3 Å². The third-order valence-electron chi connectivity index (χ3n) is 20.8. The maximum absolute atomic E-state index is 11.9. The van der Waals surface area contributed by atoms with Gasteiger partial charge in [-0.1, -0.05) is 225 Å². The van der Waals surface area contributed by atoms with Crippen LogP contribution in [0.5, 0.6) is 0 Å². The molecule has 2 aliphatic heterocycles. The molecule has 2 aliphatic rings. The molecule has 10 aromatic carbocycles. The van der Waals surface area contributed by atoms with Crippen molar-refractivity contribution in [1.29, 1.82) is 0 Å². The molecule has 8 bridgehead atoms. The number of aromatic carboxylic acids is 1. The zero-order valence-corrected chi connectivity index (χ0v) is 63.9. The number of aromatic nitrogens is 5. The molecule has 0 unspecified atom stereocenters. The molecule has 0 fully saturated rings. The van der Waals surface area contributed by atoms with E-state index >= 15 is 0 Å². The van der Waals surface area contributed by atoms with Crippen LogP contribution in [0.25, 0.3) is 134 Å². The molecule has 16 rings (SSSR count). The number of rotatable bonds is 6. The van der Waals surface area contributed by atoms with Crippen LogP contribution in [0.1, 0.15) is 173 Å². The molecule has 8 heteroatoms. The van der Waals surface area contributed by atoms with Gasteiger partial charge in [-0.05, 0) is 218 Å². The van der Waals surface area contributed by atoms with E-state index in [2.05, 4.69) is 284 Å². The van der Waals surface area contributed by atoms with Gasteiger partial charge in [0, 0.05) is 50.3 Å². The van der Waals surface area contributed by atoms with Crippen molar-refractivity contribution in [2.45, 2.75) is 127 Å². The fourth-order valence-corrected chi connectivity index (χ4v) is 15.9. The molecule has 0 atom stereocenters. The quantitative estimate of drug-likeness (QED) is 0.0771. The SMILES string of the molecule is Cc1cc(C)c(-c2c3nc(c(C#Cc4cc5c6c7c4cccc7c4cccc7c(-c8ccc(C(C)(C)C)cc8)cc(c6c74)n5Cc4cc(C(C)(C)C)cc(C(C)(C)C)c4)c4ccc([n-]4)c(-c4c(C)cc(C)cc4C)c4nc(c(C#Cc5ccc(C(=O)O)cc5)c5ccc2[n-]5)C=C4)C=C3)c(C)c1.[Zn+2]. The van der Waals surface area contributed by atoms with Crippen molar-refractivity contribution >= 4 is 106 Å². The van der Waals surface area contributed by atoms with E-state index in [9.17, 15) is 9.90 Å². The molecule has 7 nitrogen and oxygen atoms in total. The Morgan fingerprint density at radius 1 is 0.431 bits per heavy atom. The summed E-state index contributed by atoms with van der Waals surface area (Å²) in [6.07, 6.45) is 8.30. The van der Waals surface area contributed by atoms with E-state index in [0.29, 0.717) is 45.7 Å². The summed E-state index contributed by atoms with van der Waals surface area (Å²) in [4.78, 5) is 34.3. The van der Waals surface area contributed by atoms with E-state index in [1.165, 1.54) is 87.7 Å². The fourth-order valence-electron chi connectivity index (χ4n) is 15.9. The Bertz CT molecular complexity index is 6120. The van der Waals surface area contributed by atoms with Gasteiger partial charge in [-0.15, -0.1) is 22.1 Å². The molecule has 494 valence electrons. The predicted octanol–water partition coefficient (Wildman–Crippen LogP) is 22.6. The van der Waals surface area contributed by atoms with E-state index in [4.69, 9.17) is 19.9 Å². The number of nitrogens with zero attached hydrogens (tertiary/aromatic N) is 5. The third kappa shape index (κ3) is 11.5. The Kier molecular flexibility index (Phi) is 16.2. The van der Waals surface area contributed by atoms with Gasteiger partial charge in [-0.2, -0.15) is 0 Å². The van der Waals surface area contributed by atoms with Crippen molar-refractivity contribution < 1.29 is 29.4 Å². The number of carboxylic acids is 1. The number of hydrogen-bond acceptors (Lipinski definition) is 3. The van der Waals surface area contributed by atoms with Crippen molar-refractivity contribution in [3.63, 3.8) is 0 Å². The van der Waals surface area contributed by atoms with Crippen LogP contribution in [0.4, 0.5) is 0 Å². The smallest absolute Gasteiger partial charge is 0.656 e. The number of carboxylic acid groups (broad SMARTS) is 1. The van der Waals surface area contributed by atoms with E-state index in [1.807, 2.05) is 12.1 Å². The van der Waals surface area contributed by atoms with Crippen molar-refractivity contribution in [2.75, 3.05) is 0 Å². The maximum atomic E-state index is 11.9. The molecule has 0 spiro atoms. The standard InChI is InChI=1S/C94H80N5O2.Zn/c1-52-42-54(3)83(55(4)43-52)87-77-38-34-73(95-77)70(32-24-58-22-25-61(26-23-58)91(100)101)74-35-39-78(96-74)88(84-56(5)44-53(2)45-57(84)6)80-41-37-76(98-80)71(75-36-40-79(87)97-75)33-29-62-48-81-89-85-66(62)18-16-19-67(85)68-20-17-21-69-72(60-27-30-63(31-28-60)92(7,8)9)50-82(90(89)86(68)69)99(81)51-59-46-64(93(10,11)12)49-65(47-59)94(13,14)15;/h16-23,25-28,30-31,34-50H,51H2,1-15H3,(H2-,95,96,97,98,100,101);/q-1;+2/p-1. The molecule has 0 radical (unpaired) electrons. The molecule has 6 heterocycles. The van der Waals surface area contributed by atoms with Gasteiger partial charge < -0.3 is 19.6 Å². The average Bonchev–Trinajstić information content (AvgIpc) is 1.43. The van der Waals surface area contributed by atoms with Gasteiger partial charge in [-0.25, -0.2) is 14.8 Å².